The highest BCUT2D eigenvalue weighted by molar-refractivity contribution is 9.10. The van der Waals surface area contributed by atoms with Gasteiger partial charge in [-0.05, 0) is 33.6 Å². The van der Waals surface area contributed by atoms with Crippen molar-refractivity contribution in [1.29, 1.82) is 0 Å². The summed E-state index contributed by atoms with van der Waals surface area (Å²) in [6, 6.07) is 6.50. The first-order valence-corrected chi connectivity index (χ1v) is 5.92. The molecule has 0 aromatic heterocycles. The van der Waals surface area contributed by atoms with Crippen molar-refractivity contribution in [2.75, 3.05) is 0 Å². The topological polar surface area (TPSA) is 0 Å². The molecule has 1 heterocycles. The summed E-state index contributed by atoms with van der Waals surface area (Å²) in [6.07, 6.45) is 4.56. The fourth-order valence-electron chi connectivity index (χ4n) is 1.83. The average Bonchev–Trinajstić information content (AvgIpc) is 2.62. The number of benzene rings is 1. The van der Waals surface area contributed by atoms with Gasteiger partial charge in [-0.3, -0.25) is 0 Å². The van der Waals surface area contributed by atoms with E-state index in [4.69, 9.17) is 0 Å². The van der Waals surface area contributed by atoms with Crippen molar-refractivity contribution < 1.29 is 0 Å². The van der Waals surface area contributed by atoms with E-state index >= 15 is 0 Å². The Labute approximate surface area is 89.2 Å². The fraction of sp³-hybridized carbons (Fsp3) is 0.0909. The van der Waals surface area contributed by atoms with Crippen LogP contribution in [0.5, 0.6) is 0 Å². The molecule has 0 saturated carbocycles. The van der Waals surface area contributed by atoms with Gasteiger partial charge in [0.15, 0.2) is 0 Å². The summed E-state index contributed by atoms with van der Waals surface area (Å²) in [5.74, 6) is 0. The highest BCUT2D eigenvalue weighted by Crippen LogP contribution is 2.31. The molecule has 3 rings (SSSR count). The van der Waals surface area contributed by atoms with Gasteiger partial charge >= 0.3 is 0 Å². The van der Waals surface area contributed by atoms with Gasteiger partial charge in [-0.15, -0.1) is 11.8 Å². The Hall–Kier alpha value is -0.470. The summed E-state index contributed by atoms with van der Waals surface area (Å²) in [4.78, 5) is 0. The van der Waals surface area contributed by atoms with Crippen LogP contribution in [0.1, 0.15) is 0 Å². The van der Waals surface area contributed by atoms with Gasteiger partial charge in [-0.25, -0.2) is 0 Å². The maximum absolute atomic E-state index is 3.49. The number of fused-ring (bicyclic) bond motifs is 2. The molecule has 1 aliphatic heterocycles. The SMILES string of the molecule is Brc1ccc2c(c1)=CC1SC=CC=21. The van der Waals surface area contributed by atoms with E-state index in [2.05, 4.69) is 51.7 Å². The van der Waals surface area contributed by atoms with E-state index in [0.29, 0.717) is 5.25 Å². The number of halogens is 1. The normalized spacial score (nSPS) is 22.8. The lowest BCUT2D eigenvalue weighted by atomic mass is 10.2. The molecule has 1 atom stereocenters. The molecule has 0 bridgehead atoms. The minimum atomic E-state index is 0.573. The Kier molecular flexibility index (Phi) is 1.67. The Morgan fingerprint density at radius 1 is 1.31 bits per heavy atom. The van der Waals surface area contributed by atoms with Gasteiger partial charge in [-0.1, -0.05) is 34.1 Å². The van der Waals surface area contributed by atoms with Gasteiger partial charge in [0.25, 0.3) is 0 Å². The molecule has 13 heavy (non-hydrogen) atoms. The Morgan fingerprint density at radius 3 is 3.15 bits per heavy atom. The van der Waals surface area contributed by atoms with Crippen LogP contribution < -0.4 is 10.4 Å². The van der Waals surface area contributed by atoms with Crippen LogP contribution in [0.25, 0.3) is 11.6 Å². The Morgan fingerprint density at radius 2 is 2.23 bits per heavy atom. The maximum atomic E-state index is 3.49. The molecule has 2 heteroatoms. The van der Waals surface area contributed by atoms with Crippen molar-refractivity contribution >= 4 is 39.3 Å². The van der Waals surface area contributed by atoms with Crippen molar-refractivity contribution in [3.05, 3.63) is 44.6 Å². The van der Waals surface area contributed by atoms with Gasteiger partial charge in [0.2, 0.25) is 0 Å². The highest BCUT2D eigenvalue weighted by Gasteiger charge is 2.19. The zero-order chi connectivity index (χ0) is 8.84. The second kappa shape index (κ2) is 2.76. The third-order valence-corrected chi connectivity index (χ3v) is 3.90. The third kappa shape index (κ3) is 1.12. The van der Waals surface area contributed by atoms with Gasteiger partial charge in [0.1, 0.15) is 0 Å². The molecule has 1 aromatic carbocycles. The number of rotatable bonds is 0. The summed E-state index contributed by atoms with van der Waals surface area (Å²) < 4.78 is 1.16. The van der Waals surface area contributed by atoms with E-state index in [1.807, 2.05) is 11.8 Å². The quantitative estimate of drug-likeness (QED) is 0.679. The number of hydrogen-bond donors (Lipinski definition) is 0. The Bertz CT molecular complexity index is 513. The third-order valence-electron chi connectivity index (χ3n) is 2.43. The predicted molar refractivity (Wildman–Crippen MR) is 61.8 cm³/mol. The summed E-state index contributed by atoms with van der Waals surface area (Å²) in [6.45, 7) is 0. The van der Waals surface area contributed by atoms with Crippen molar-refractivity contribution in [3.8, 4) is 0 Å². The van der Waals surface area contributed by atoms with Crippen LogP contribution in [0.4, 0.5) is 0 Å². The summed E-state index contributed by atoms with van der Waals surface area (Å²) in [5.41, 5.74) is 1.47. The first-order valence-electron chi connectivity index (χ1n) is 4.18. The minimum Gasteiger partial charge on any atom is -0.122 e. The Balaban J connectivity index is 2.44. The van der Waals surface area contributed by atoms with Crippen LogP contribution in [-0.4, -0.2) is 5.25 Å². The molecular formula is C11H7BrS. The molecule has 0 N–H and O–H groups in total. The number of allylic oxidation sites excluding steroid dienone is 1. The molecule has 1 unspecified atom stereocenters. The molecule has 0 spiro atoms. The van der Waals surface area contributed by atoms with Crippen LogP contribution >= 0.6 is 27.7 Å². The molecule has 1 aliphatic carbocycles. The summed E-state index contributed by atoms with van der Waals surface area (Å²) >= 11 is 5.38. The number of hydrogen-bond acceptors (Lipinski definition) is 1. The molecule has 0 fully saturated rings. The molecule has 0 radical (unpaired) electrons. The van der Waals surface area contributed by atoms with Gasteiger partial charge in [0, 0.05) is 4.47 Å². The summed E-state index contributed by atoms with van der Waals surface area (Å²) in [7, 11) is 0. The van der Waals surface area contributed by atoms with Crippen LogP contribution in [0.15, 0.2) is 34.2 Å². The van der Waals surface area contributed by atoms with Crippen LogP contribution in [0.2, 0.25) is 0 Å². The van der Waals surface area contributed by atoms with Crippen molar-refractivity contribution in [3.63, 3.8) is 0 Å². The smallest absolute Gasteiger partial charge is 0.0533 e. The first-order chi connectivity index (χ1) is 6.34. The zero-order valence-electron chi connectivity index (χ0n) is 6.83. The largest absolute Gasteiger partial charge is 0.122 e. The van der Waals surface area contributed by atoms with Crippen LogP contribution in [0.3, 0.4) is 0 Å². The van der Waals surface area contributed by atoms with Crippen molar-refractivity contribution in [2.24, 2.45) is 0 Å². The van der Waals surface area contributed by atoms with Gasteiger partial charge < -0.3 is 0 Å². The van der Waals surface area contributed by atoms with E-state index in [-0.39, 0.29) is 0 Å². The summed E-state index contributed by atoms with van der Waals surface area (Å²) in [5, 5.41) is 5.52. The molecule has 64 valence electrons. The lowest BCUT2D eigenvalue weighted by Crippen LogP contribution is -2.21. The van der Waals surface area contributed by atoms with E-state index < -0.39 is 0 Å². The van der Waals surface area contributed by atoms with E-state index in [9.17, 15) is 0 Å². The standard InChI is InChI=1S/C11H7BrS/c12-8-1-2-9-7(5-8)6-11-10(9)3-4-13-11/h1-6,11H. The van der Waals surface area contributed by atoms with Gasteiger partial charge in [-0.2, -0.15) is 0 Å². The molecule has 0 saturated heterocycles. The van der Waals surface area contributed by atoms with E-state index in [0.717, 1.165) is 4.47 Å². The maximum Gasteiger partial charge on any atom is 0.0533 e. The second-order valence-corrected chi connectivity index (χ2v) is 5.18. The zero-order valence-corrected chi connectivity index (χ0v) is 9.23. The monoisotopic (exact) mass is 250 g/mol. The lowest BCUT2D eigenvalue weighted by molar-refractivity contribution is 1.50. The molecule has 0 amide bonds. The lowest BCUT2D eigenvalue weighted by Gasteiger charge is -1.97. The van der Waals surface area contributed by atoms with Gasteiger partial charge in [0.05, 0.1) is 5.25 Å². The second-order valence-electron chi connectivity index (χ2n) is 3.21. The predicted octanol–water partition coefficient (Wildman–Crippen LogP) is 2.02. The molecule has 1 aromatic rings. The molecular weight excluding hydrogens is 244 g/mol. The fourth-order valence-corrected chi connectivity index (χ4v) is 3.19. The van der Waals surface area contributed by atoms with Crippen molar-refractivity contribution in [2.45, 2.75) is 5.25 Å². The van der Waals surface area contributed by atoms with Crippen molar-refractivity contribution in [1.82, 2.24) is 0 Å². The minimum absolute atomic E-state index is 0.573. The molecule has 2 aliphatic rings. The molecule has 0 nitrogen and oxygen atoms in total. The van der Waals surface area contributed by atoms with Crippen LogP contribution in [-0.2, 0) is 0 Å². The van der Waals surface area contributed by atoms with E-state index in [1.54, 1.807) is 0 Å². The average molecular weight is 251 g/mol. The first kappa shape index (κ1) is 7.89. The van der Waals surface area contributed by atoms with Crippen LogP contribution in [0, 0.1) is 0 Å². The number of thioether (sulfide) groups is 1. The highest BCUT2D eigenvalue weighted by atomic mass is 79.9. The van der Waals surface area contributed by atoms with E-state index in [1.165, 1.54) is 16.0 Å².